The number of carbonyl (C=O) groups excluding carboxylic acids is 2. The van der Waals surface area contributed by atoms with Crippen LogP contribution < -0.4 is 0 Å². The summed E-state index contributed by atoms with van der Waals surface area (Å²) in [6, 6.07) is 29.2. The van der Waals surface area contributed by atoms with Gasteiger partial charge in [-0.05, 0) is 12.1 Å². The van der Waals surface area contributed by atoms with Gasteiger partial charge in [0.2, 0.25) is 11.6 Å². The summed E-state index contributed by atoms with van der Waals surface area (Å²) in [5.41, 5.74) is 3.08. The number of pyridine rings is 2. The second-order valence-electron chi connectivity index (χ2n) is 6.99. The second kappa shape index (κ2) is 7.33. The zero-order valence-corrected chi connectivity index (χ0v) is 15.9. The van der Waals surface area contributed by atoms with Crippen molar-refractivity contribution in [1.29, 1.82) is 0 Å². The molecule has 0 bridgehead atoms. The molecule has 0 aliphatic heterocycles. The van der Waals surface area contributed by atoms with E-state index < -0.39 is 0 Å². The van der Waals surface area contributed by atoms with Crippen LogP contribution in [0.4, 0.5) is 0 Å². The van der Waals surface area contributed by atoms with Crippen LogP contribution >= 0.6 is 0 Å². The van der Waals surface area contributed by atoms with E-state index in [4.69, 9.17) is 0 Å². The molecule has 3 aromatic carbocycles. The Morgan fingerprint density at radius 3 is 1.23 bits per heavy atom. The molecule has 0 fully saturated rings. The first-order chi connectivity index (χ1) is 14.7. The minimum absolute atomic E-state index is 0.147. The van der Waals surface area contributed by atoms with E-state index in [0.717, 1.165) is 10.8 Å². The predicted molar refractivity (Wildman–Crippen MR) is 117 cm³/mol. The minimum Gasteiger partial charge on any atom is -0.287 e. The van der Waals surface area contributed by atoms with Crippen molar-refractivity contribution >= 4 is 33.4 Å². The van der Waals surface area contributed by atoms with Crippen molar-refractivity contribution in [3.8, 4) is 0 Å². The third-order valence-corrected chi connectivity index (χ3v) is 5.06. The summed E-state index contributed by atoms with van der Waals surface area (Å²) < 4.78 is 0. The van der Waals surface area contributed by atoms with Crippen LogP contribution in [-0.4, -0.2) is 21.5 Å². The van der Waals surface area contributed by atoms with Crippen LogP contribution in [0.2, 0.25) is 0 Å². The third-order valence-electron chi connectivity index (χ3n) is 5.06. The van der Waals surface area contributed by atoms with Crippen LogP contribution in [0.5, 0.6) is 0 Å². The number of nitrogens with zero attached hydrogens (tertiary/aromatic N) is 2. The molecule has 142 valence electrons. The van der Waals surface area contributed by atoms with Crippen molar-refractivity contribution in [2.45, 2.75) is 0 Å². The molecular formula is C26H16N2O2. The molecule has 0 spiro atoms. The molecule has 2 aromatic heterocycles. The van der Waals surface area contributed by atoms with Crippen LogP contribution in [0.1, 0.15) is 32.1 Å². The van der Waals surface area contributed by atoms with Gasteiger partial charge >= 0.3 is 0 Å². The molecule has 0 unspecified atom stereocenters. The molecule has 5 rings (SSSR count). The van der Waals surface area contributed by atoms with Crippen LogP contribution in [0.25, 0.3) is 21.8 Å². The third kappa shape index (κ3) is 3.14. The molecule has 30 heavy (non-hydrogen) atoms. The van der Waals surface area contributed by atoms with Crippen molar-refractivity contribution < 1.29 is 9.59 Å². The van der Waals surface area contributed by atoms with E-state index in [0.29, 0.717) is 33.5 Å². The molecule has 0 aliphatic rings. The Labute approximate surface area is 172 Å². The Kier molecular flexibility index (Phi) is 4.37. The fourth-order valence-corrected chi connectivity index (χ4v) is 3.50. The zero-order chi connectivity index (χ0) is 20.5. The molecular weight excluding hydrogens is 372 g/mol. The first-order valence-electron chi connectivity index (χ1n) is 9.61. The Bertz CT molecular complexity index is 1300. The van der Waals surface area contributed by atoms with Crippen molar-refractivity contribution in [2.24, 2.45) is 0 Å². The van der Waals surface area contributed by atoms with Gasteiger partial charge in [-0.25, -0.2) is 9.97 Å². The average Bonchev–Trinajstić information content (AvgIpc) is 2.83. The van der Waals surface area contributed by atoms with Crippen LogP contribution in [0.3, 0.4) is 0 Å². The first kappa shape index (κ1) is 17.9. The Morgan fingerprint density at radius 1 is 0.467 bits per heavy atom. The zero-order valence-electron chi connectivity index (χ0n) is 15.9. The molecule has 2 heterocycles. The number of hydrogen-bond acceptors (Lipinski definition) is 4. The maximum absolute atomic E-state index is 12.8. The standard InChI is InChI=1S/C26H16N2O2/c29-25(19-7-3-1-4-8-19)21-15-13-17-11-12-18-14-16-22(28-24(18)23(17)27-21)26(30)20-9-5-2-6-10-20/h1-16H. The van der Waals surface area contributed by atoms with Gasteiger partial charge in [0.1, 0.15) is 11.4 Å². The summed E-state index contributed by atoms with van der Waals surface area (Å²) in [7, 11) is 0. The number of rotatable bonds is 4. The van der Waals surface area contributed by atoms with E-state index in [2.05, 4.69) is 9.97 Å². The first-order valence-corrected chi connectivity index (χ1v) is 9.61. The smallest absolute Gasteiger partial charge is 0.211 e. The number of fused-ring (bicyclic) bond motifs is 3. The molecule has 0 saturated heterocycles. The van der Waals surface area contributed by atoms with Crippen molar-refractivity contribution in [1.82, 2.24) is 9.97 Å². The normalized spacial score (nSPS) is 10.9. The fourth-order valence-electron chi connectivity index (χ4n) is 3.50. The number of hydrogen-bond donors (Lipinski definition) is 0. The minimum atomic E-state index is -0.147. The highest BCUT2D eigenvalue weighted by molar-refractivity contribution is 6.12. The topological polar surface area (TPSA) is 59.9 Å². The van der Waals surface area contributed by atoms with Gasteiger partial charge in [-0.3, -0.25) is 9.59 Å². The van der Waals surface area contributed by atoms with Crippen LogP contribution in [-0.2, 0) is 0 Å². The summed E-state index contributed by atoms with van der Waals surface area (Å²) in [5.74, 6) is -0.294. The number of carbonyl (C=O) groups is 2. The predicted octanol–water partition coefficient (Wildman–Crippen LogP) is 5.25. The van der Waals surface area contributed by atoms with Gasteiger partial charge in [-0.2, -0.15) is 0 Å². The molecule has 0 amide bonds. The lowest BCUT2D eigenvalue weighted by Crippen LogP contribution is -2.06. The lowest BCUT2D eigenvalue weighted by Gasteiger charge is -2.07. The Hall–Kier alpha value is -4.18. The maximum atomic E-state index is 12.8. The van der Waals surface area contributed by atoms with Gasteiger partial charge in [0, 0.05) is 21.9 Å². The summed E-state index contributed by atoms with van der Waals surface area (Å²) in [5, 5.41) is 1.73. The van der Waals surface area contributed by atoms with Gasteiger partial charge in [-0.1, -0.05) is 84.9 Å². The summed E-state index contributed by atoms with van der Waals surface area (Å²) in [6.45, 7) is 0. The average molecular weight is 388 g/mol. The monoisotopic (exact) mass is 388 g/mol. The summed E-state index contributed by atoms with van der Waals surface area (Å²) in [4.78, 5) is 35.0. The summed E-state index contributed by atoms with van der Waals surface area (Å²) in [6.07, 6.45) is 0. The number of aromatic nitrogens is 2. The molecule has 0 saturated carbocycles. The van der Waals surface area contributed by atoms with E-state index in [-0.39, 0.29) is 11.6 Å². The van der Waals surface area contributed by atoms with E-state index in [1.54, 1.807) is 36.4 Å². The highest BCUT2D eigenvalue weighted by Gasteiger charge is 2.15. The quantitative estimate of drug-likeness (QED) is 0.312. The molecule has 4 heteroatoms. The van der Waals surface area contributed by atoms with Crippen molar-refractivity contribution in [3.63, 3.8) is 0 Å². The van der Waals surface area contributed by atoms with Gasteiger partial charge in [-0.15, -0.1) is 0 Å². The molecule has 0 radical (unpaired) electrons. The van der Waals surface area contributed by atoms with Gasteiger partial charge in [0.15, 0.2) is 0 Å². The Morgan fingerprint density at radius 2 is 0.833 bits per heavy atom. The molecule has 0 N–H and O–H groups in total. The second-order valence-corrected chi connectivity index (χ2v) is 6.99. The highest BCUT2D eigenvalue weighted by atomic mass is 16.1. The van der Waals surface area contributed by atoms with Gasteiger partial charge in [0.05, 0.1) is 11.0 Å². The lowest BCUT2D eigenvalue weighted by molar-refractivity contribution is 0.102. The van der Waals surface area contributed by atoms with Crippen LogP contribution in [0.15, 0.2) is 97.1 Å². The fraction of sp³-hybridized carbons (Fsp3) is 0. The molecule has 0 atom stereocenters. The number of ketones is 2. The number of benzene rings is 3. The maximum Gasteiger partial charge on any atom is 0.211 e. The lowest BCUT2D eigenvalue weighted by atomic mass is 10.0. The molecule has 0 aliphatic carbocycles. The largest absolute Gasteiger partial charge is 0.287 e. The SMILES string of the molecule is O=C(c1ccccc1)c1ccc2ccc3ccc(C(=O)c4ccccc4)nc3c2n1. The van der Waals surface area contributed by atoms with E-state index in [9.17, 15) is 9.59 Å². The molecule has 4 nitrogen and oxygen atoms in total. The van der Waals surface area contributed by atoms with Gasteiger partial charge in [0.25, 0.3) is 0 Å². The molecule has 5 aromatic rings. The van der Waals surface area contributed by atoms with Crippen LogP contribution in [0, 0.1) is 0 Å². The van der Waals surface area contributed by atoms with Crippen molar-refractivity contribution in [3.05, 3.63) is 120 Å². The van der Waals surface area contributed by atoms with Crippen molar-refractivity contribution in [2.75, 3.05) is 0 Å². The highest BCUT2D eigenvalue weighted by Crippen LogP contribution is 2.24. The van der Waals surface area contributed by atoms with Gasteiger partial charge < -0.3 is 0 Å². The Balaban J connectivity index is 1.66. The van der Waals surface area contributed by atoms with E-state index in [1.165, 1.54) is 0 Å². The summed E-state index contributed by atoms with van der Waals surface area (Å²) >= 11 is 0. The van der Waals surface area contributed by atoms with E-state index in [1.807, 2.05) is 60.7 Å². The van der Waals surface area contributed by atoms with E-state index >= 15 is 0 Å².